The zero-order valence-electron chi connectivity index (χ0n) is 15.2. The van der Waals surface area contributed by atoms with E-state index in [4.69, 9.17) is 0 Å². The summed E-state index contributed by atoms with van der Waals surface area (Å²) in [6, 6.07) is 9.41. The zero-order valence-corrected chi connectivity index (χ0v) is 16.0. The fraction of sp³-hybridized carbons (Fsp3) is 0.550. The first-order valence-corrected chi connectivity index (χ1v) is 11.0. The van der Waals surface area contributed by atoms with Gasteiger partial charge in [0.05, 0.1) is 0 Å². The van der Waals surface area contributed by atoms with E-state index in [1.54, 1.807) is 6.08 Å². The summed E-state index contributed by atoms with van der Waals surface area (Å²) in [5.41, 5.74) is 0.815. The molecule has 0 aromatic heterocycles. The van der Waals surface area contributed by atoms with Crippen LogP contribution in [0.4, 0.5) is 0 Å². The van der Waals surface area contributed by atoms with Crippen molar-refractivity contribution in [1.29, 1.82) is 0 Å². The lowest BCUT2D eigenvalue weighted by molar-refractivity contribution is -0.122. The zero-order chi connectivity index (χ0) is 18.6. The van der Waals surface area contributed by atoms with Crippen LogP contribution in [0.15, 0.2) is 35.7 Å². The second-order valence-corrected chi connectivity index (χ2v) is 9.25. The Hall–Kier alpha value is -1.66. The molecule has 0 aliphatic heterocycles. The van der Waals surface area contributed by atoms with Gasteiger partial charge in [0.2, 0.25) is 15.9 Å². The predicted octanol–water partition coefficient (Wildman–Crippen LogP) is 2.91. The summed E-state index contributed by atoms with van der Waals surface area (Å²) in [6.07, 6.45) is 6.88. The van der Waals surface area contributed by atoms with Gasteiger partial charge in [-0.15, -0.1) is 0 Å². The average molecular weight is 377 g/mol. The molecule has 2 aliphatic carbocycles. The summed E-state index contributed by atoms with van der Waals surface area (Å²) in [6.45, 7) is 2.19. The summed E-state index contributed by atoms with van der Waals surface area (Å²) < 4.78 is 26.4. The first kappa shape index (κ1) is 19.1. The van der Waals surface area contributed by atoms with Crippen molar-refractivity contribution in [3.63, 3.8) is 0 Å². The molecule has 0 heterocycles. The number of nitrogens with one attached hydrogen (secondary N) is 2. The largest absolute Gasteiger partial charge is 0.353 e. The fourth-order valence-electron chi connectivity index (χ4n) is 4.43. The molecule has 1 aromatic carbocycles. The van der Waals surface area contributed by atoms with E-state index in [-0.39, 0.29) is 24.9 Å². The summed E-state index contributed by atoms with van der Waals surface area (Å²) in [5.74, 6) is 2.11. The molecule has 1 amide bonds. The third-order valence-corrected chi connectivity index (χ3v) is 6.82. The lowest BCUT2D eigenvalue weighted by atomic mass is 9.84. The standard InChI is InChI=1S/C20H28N2O3S/c1-15(19-14-17-7-8-18(19)13-17)22-20(23)9-11-21-26(24,25)12-10-16-5-3-2-4-6-16/h2-6,10,12,15,17-19,21H,7-9,11,13-14H2,1H3,(H,22,23)/b12-10+. The molecule has 2 bridgehead atoms. The van der Waals surface area contributed by atoms with Crippen molar-refractivity contribution in [3.8, 4) is 0 Å². The maximum absolute atomic E-state index is 12.1. The van der Waals surface area contributed by atoms with Crippen LogP contribution in [0.3, 0.4) is 0 Å². The molecule has 4 unspecified atom stereocenters. The quantitative estimate of drug-likeness (QED) is 0.732. The van der Waals surface area contributed by atoms with Crippen LogP contribution in [-0.4, -0.2) is 26.9 Å². The summed E-state index contributed by atoms with van der Waals surface area (Å²) >= 11 is 0. The maximum atomic E-state index is 12.1. The van der Waals surface area contributed by atoms with Gasteiger partial charge in [0.1, 0.15) is 0 Å². The van der Waals surface area contributed by atoms with Gasteiger partial charge >= 0.3 is 0 Å². The number of rotatable bonds is 8. The smallest absolute Gasteiger partial charge is 0.233 e. The number of benzene rings is 1. The van der Waals surface area contributed by atoms with Crippen molar-refractivity contribution in [2.45, 2.75) is 45.1 Å². The highest BCUT2D eigenvalue weighted by Crippen LogP contribution is 2.49. The Morgan fingerprint density at radius 3 is 2.65 bits per heavy atom. The minimum absolute atomic E-state index is 0.0880. The third-order valence-electron chi connectivity index (χ3n) is 5.72. The van der Waals surface area contributed by atoms with E-state index >= 15 is 0 Å². The summed E-state index contributed by atoms with van der Waals surface area (Å²) in [7, 11) is -3.54. The van der Waals surface area contributed by atoms with E-state index in [1.165, 1.54) is 25.7 Å². The maximum Gasteiger partial charge on any atom is 0.233 e. The SMILES string of the molecule is CC(NC(=O)CCNS(=O)(=O)/C=C/c1ccccc1)C1CC2CCC1C2. The van der Waals surface area contributed by atoms with Crippen LogP contribution in [0.5, 0.6) is 0 Å². The molecule has 2 saturated carbocycles. The van der Waals surface area contributed by atoms with Crippen LogP contribution in [0, 0.1) is 17.8 Å². The lowest BCUT2D eigenvalue weighted by Crippen LogP contribution is -2.41. The molecule has 4 atom stereocenters. The Balaban J connectivity index is 1.39. The molecular formula is C20H28N2O3S. The minimum Gasteiger partial charge on any atom is -0.353 e. The molecule has 1 aromatic rings. The van der Waals surface area contributed by atoms with E-state index < -0.39 is 10.0 Å². The topological polar surface area (TPSA) is 75.3 Å². The van der Waals surface area contributed by atoms with Crippen molar-refractivity contribution in [1.82, 2.24) is 10.0 Å². The number of fused-ring (bicyclic) bond motifs is 2. The number of carbonyl (C=O) groups is 1. The van der Waals surface area contributed by atoms with E-state index in [2.05, 4.69) is 17.0 Å². The van der Waals surface area contributed by atoms with Crippen LogP contribution in [0.1, 0.15) is 44.6 Å². The van der Waals surface area contributed by atoms with Gasteiger partial charge in [-0.2, -0.15) is 0 Å². The predicted molar refractivity (Wildman–Crippen MR) is 104 cm³/mol. The molecule has 2 fully saturated rings. The average Bonchev–Trinajstić information content (AvgIpc) is 3.24. The van der Waals surface area contributed by atoms with Crippen molar-refractivity contribution >= 4 is 22.0 Å². The molecule has 3 rings (SSSR count). The van der Waals surface area contributed by atoms with E-state index in [9.17, 15) is 13.2 Å². The minimum atomic E-state index is -3.54. The molecule has 0 radical (unpaired) electrons. The Labute approximate surface area is 156 Å². The number of hydrogen-bond acceptors (Lipinski definition) is 3. The van der Waals surface area contributed by atoms with Crippen LogP contribution in [0.2, 0.25) is 0 Å². The molecule has 6 heteroatoms. The van der Waals surface area contributed by atoms with Crippen LogP contribution in [-0.2, 0) is 14.8 Å². The Morgan fingerprint density at radius 1 is 1.23 bits per heavy atom. The number of amides is 1. The first-order valence-electron chi connectivity index (χ1n) is 9.45. The fourth-order valence-corrected chi connectivity index (χ4v) is 5.25. The molecule has 2 aliphatic rings. The monoisotopic (exact) mass is 376 g/mol. The molecule has 0 saturated heterocycles. The number of hydrogen-bond donors (Lipinski definition) is 2. The molecule has 5 nitrogen and oxygen atoms in total. The highest BCUT2D eigenvalue weighted by molar-refractivity contribution is 7.92. The van der Waals surface area contributed by atoms with Crippen LogP contribution >= 0.6 is 0 Å². The molecule has 2 N–H and O–H groups in total. The Bertz CT molecular complexity index is 746. The van der Waals surface area contributed by atoms with E-state index in [1.807, 2.05) is 30.3 Å². The van der Waals surface area contributed by atoms with Gasteiger partial charge in [-0.25, -0.2) is 13.1 Å². The number of carbonyl (C=O) groups excluding carboxylic acids is 1. The first-order chi connectivity index (χ1) is 12.4. The second-order valence-electron chi connectivity index (χ2n) is 7.60. The van der Waals surface area contributed by atoms with Crippen molar-refractivity contribution in [3.05, 3.63) is 41.3 Å². The van der Waals surface area contributed by atoms with Gasteiger partial charge in [-0.1, -0.05) is 36.8 Å². The van der Waals surface area contributed by atoms with Gasteiger partial charge < -0.3 is 5.32 Å². The van der Waals surface area contributed by atoms with Crippen molar-refractivity contribution in [2.24, 2.45) is 17.8 Å². The van der Waals surface area contributed by atoms with Gasteiger partial charge in [0.15, 0.2) is 0 Å². The Kier molecular flexibility index (Phi) is 6.14. The molecular weight excluding hydrogens is 348 g/mol. The Morgan fingerprint density at radius 2 is 2.00 bits per heavy atom. The van der Waals surface area contributed by atoms with Gasteiger partial charge in [0, 0.05) is 24.4 Å². The van der Waals surface area contributed by atoms with Gasteiger partial charge in [-0.3, -0.25) is 4.79 Å². The molecule has 142 valence electrons. The van der Waals surface area contributed by atoms with Crippen molar-refractivity contribution in [2.75, 3.05) is 6.54 Å². The van der Waals surface area contributed by atoms with Crippen LogP contribution in [0.25, 0.3) is 6.08 Å². The highest BCUT2D eigenvalue weighted by atomic mass is 32.2. The van der Waals surface area contributed by atoms with Crippen LogP contribution < -0.4 is 10.0 Å². The van der Waals surface area contributed by atoms with Gasteiger partial charge in [-0.05, 0) is 55.6 Å². The lowest BCUT2D eigenvalue weighted by Gasteiger charge is -2.28. The van der Waals surface area contributed by atoms with Gasteiger partial charge in [0.25, 0.3) is 0 Å². The van der Waals surface area contributed by atoms with E-state index in [0.717, 1.165) is 22.8 Å². The molecule has 26 heavy (non-hydrogen) atoms. The van der Waals surface area contributed by atoms with E-state index in [0.29, 0.717) is 5.92 Å². The number of sulfonamides is 1. The highest BCUT2D eigenvalue weighted by Gasteiger charge is 2.42. The van der Waals surface area contributed by atoms with Crippen molar-refractivity contribution < 1.29 is 13.2 Å². The second kappa shape index (κ2) is 8.35. The normalized spacial score (nSPS) is 26.3. The molecule has 0 spiro atoms. The summed E-state index contributed by atoms with van der Waals surface area (Å²) in [4.78, 5) is 12.1. The summed E-state index contributed by atoms with van der Waals surface area (Å²) in [5, 5.41) is 4.20. The third kappa shape index (κ3) is 5.17.